The summed E-state index contributed by atoms with van der Waals surface area (Å²) in [7, 11) is 0. The largest absolute Gasteiger partial charge is 0.387 e. The van der Waals surface area contributed by atoms with Gasteiger partial charge in [0.25, 0.3) is 0 Å². The van der Waals surface area contributed by atoms with Gasteiger partial charge in [0.15, 0.2) is 0 Å². The van der Waals surface area contributed by atoms with Crippen LogP contribution >= 0.6 is 0 Å². The summed E-state index contributed by atoms with van der Waals surface area (Å²) in [6.07, 6.45) is 3.97. The fourth-order valence-electron chi connectivity index (χ4n) is 1.36. The highest BCUT2D eigenvalue weighted by atomic mass is 14.7. The van der Waals surface area contributed by atoms with Gasteiger partial charge in [-0.25, -0.2) is 0 Å². The second kappa shape index (κ2) is 2.82. The highest BCUT2D eigenvalue weighted by molar-refractivity contribution is 6.03. The predicted octanol–water partition coefficient (Wildman–Crippen LogP) is 1.13. The van der Waals surface area contributed by atoms with E-state index in [4.69, 9.17) is 16.6 Å². The van der Waals surface area contributed by atoms with E-state index < -0.39 is 0 Å². The smallest absolute Gasteiger partial charge is 0.0994 e. The van der Waals surface area contributed by atoms with Crippen molar-refractivity contribution in [2.75, 3.05) is 0 Å². The van der Waals surface area contributed by atoms with Gasteiger partial charge in [-0.15, -0.1) is 0 Å². The molecule has 0 bridgehead atoms. The van der Waals surface area contributed by atoms with Gasteiger partial charge in [0.05, 0.1) is 11.8 Å². The molecule has 1 rings (SSSR count). The zero-order valence-electron chi connectivity index (χ0n) is 5.98. The first kappa shape index (κ1) is 7.25. The molecule has 1 saturated carbocycles. The van der Waals surface area contributed by atoms with Crippen molar-refractivity contribution in [1.82, 2.24) is 0 Å². The topological polar surface area (TPSA) is 73.7 Å². The first-order valence-corrected chi connectivity index (χ1v) is 3.63. The zero-order valence-corrected chi connectivity index (χ0v) is 5.98. The summed E-state index contributed by atoms with van der Waals surface area (Å²) in [5.41, 5.74) is 5.95. The molecule has 1 atom stereocenters. The number of hydrogen-bond acceptors (Lipinski definition) is 2. The van der Waals surface area contributed by atoms with Gasteiger partial charge < -0.3 is 11.1 Å². The standard InChI is InChI=1S/C7H13N3/c8-6-4-2-1-3-5(6)7(9)10/h5,8H,1-4H2,(H3,9,10). The van der Waals surface area contributed by atoms with Crippen LogP contribution in [0.5, 0.6) is 0 Å². The molecule has 1 unspecified atom stereocenters. The second-order valence-electron chi connectivity index (χ2n) is 2.78. The van der Waals surface area contributed by atoms with E-state index in [1.807, 2.05) is 0 Å². The number of rotatable bonds is 1. The quantitative estimate of drug-likeness (QED) is 0.370. The minimum Gasteiger partial charge on any atom is -0.387 e. The molecule has 10 heavy (non-hydrogen) atoms. The average Bonchev–Trinajstić information content (AvgIpc) is 1.88. The van der Waals surface area contributed by atoms with E-state index in [0.717, 1.165) is 25.7 Å². The Labute approximate surface area is 60.6 Å². The molecule has 0 saturated heterocycles. The monoisotopic (exact) mass is 139 g/mol. The van der Waals surface area contributed by atoms with Gasteiger partial charge in [0, 0.05) is 5.71 Å². The van der Waals surface area contributed by atoms with Crippen LogP contribution in [0.2, 0.25) is 0 Å². The van der Waals surface area contributed by atoms with Crippen LogP contribution in [0.25, 0.3) is 0 Å². The van der Waals surface area contributed by atoms with Gasteiger partial charge in [-0.2, -0.15) is 0 Å². The summed E-state index contributed by atoms with van der Waals surface area (Å²) in [5.74, 6) is 0.137. The van der Waals surface area contributed by atoms with Crippen molar-refractivity contribution in [1.29, 1.82) is 10.8 Å². The molecule has 0 radical (unpaired) electrons. The fourth-order valence-corrected chi connectivity index (χ4v) is 1.36. The summed E-state index contributed by atoms with van der Waals surface area (Å²) in [4.78, 5) is 0. The number of hydrogen-bond donors (Lipinski definition) is 3. The van der Waals surface area contributed by atoms with Crippen LogP contribution in [-0.2, 0) is 0 Å². The number of amidine groups is 1. The molecule has 4 N–H and O–H groups in total. The Morgan fingerprint density at radius 2 is 2.20 bits per heavy atom. The minimum absolute atomic E-state index is 0.0336. The molecule has 1 aliphatic rings. The van der Waals surface area contributed by atoms with Crippen LogP contribution in [-0.4, -0.2) is 11.5 Å². The van der Waals surface area contributed by atoms with Gasteiger partial charge in [0.1, 0.15) is 0 Å². The molecule has 0 aromatic carbocycles. The summed E-state index contributed by atoms with van der Waals surface area (Å²) < 4.78 is 0. The Bertz CT molecular complexity index is 162. The lowest BCUT2D eigenvalue weighted by atomic mass is 9.87. The molecular weight excluding hydrogens is 126 g/mol. The van der Waals surface area contributed by atoms with Crippen LogP contribution in [0.15, 0.2) is 0 Å². The van der Waals surface area contributed by atoms with E-state index in [9.17, 15) is 0 Å². The third kappa shape index (κ3) is 1.35. The van der Waals surface area contributed by atoms with Gasteiger partial charge >= 0.3 is 0 Å². The Morgan fingerprint density at radius 3 is 2.60 bits per heavy atom. The number of nitrogens with two attached hydrogens (primary N) is 1. The first-order chi connectivity index (χ1) is 4.72. The third-order valence-electron chi connectivity index (χ3n) is 1.98. The van der Waals surface area contributed by atoms with E-state index >= 15 is 0 Å². The van der Waals surface area contributed by atoms with Crippen molar-refractivity contribution >= 4 is 11.5 Å². The fraction of sp³-hybridized carbons (Fsp3) is 0.714. The van der Waals surface area contributed by atoms with Crippen LogP contribution in [0, 0.1) is 16.7 Å². The molecule has 0 aromatic rings. The second-order valence-corrected chi connectivity index (χ2v) is 2.78. The predicted molar refractivity (Wildman–Crippen MR) is 41.6 cm³/mol. The minimum atomic E-state index is -0.0336. The van der Waals surface area contributed by atoms with E-state index in [1.165, 1.54) is 0 Å². The highest BCUT2D eigenvalue weighted by Gasteiger charge is 2.20. The van der Waals surface area contributed by atoms with Crippen LogP contribution in [0.3, 0.4) is 0 Å². The summed E-state index contributed by atoms with van der Waals surface area (Å²) in [6.45, 7) is 0. The molecule has 0 amide bonds. The lowest BCUT2D eigenvalue weighted by Crippen LogP contribution is -2.31. The van der Waals surface area contributed by atoms with E-state index in [2.05, 4.69) is 0 Å². The lowest BCUT2D eigenvalue weighted by Gasteiger charge is -2.20. The maximum atomic E-state index is 7.46. The van der Waals surface area contributed by atoms with Crippen molar-refractivity contribution in [3.63, 3.8) is 0 Å². The third-order valence-corrected chi connectivity index (χ3v) is 1.98. The van der Waals surface area contributed by atoms with Crippen molar-refractivity contribution in [2.45, 2.75) is 25.7 Å². The van der Waals surface area contributed by atoms with Crippen molar-refractivity contribution < 1.29 is 0 Å². The summed E-state index contributed by atoms with van der Waals surface area (Å²) >= 11 is 0. The molecule has 0 heterocycles. The lowest BCUT2D eigenvalue weighted by molar-refractivity contribution is 0.605. The van der Waals surface area contributed by atoms with E-state index in [1.54, 1.807) is 0 Å². The number of nitrogens with one attached hydrogen (secondary N) is 2. The Balaban J connectivity index is 2.56. The molecule has 1 fully saturated rings. The summed E-state index contributed by atoms with van der Waals surface area (Å²) in [6, 6.07) is 0. The maximum Gasteiger partial charge on any atom is 0.0994 e. The Kier molecular flexibility index (Phi) is 2.04. The Hall–Kier alpha value is -0.860. The average molecular weight is 139 g/mol. The van der Waals surface area contributed by atoms with Gasteiger partial charge in [-0.05, 0) is 19.3 Å². The van der Waals surface area contributed by atoms with Crippen LogP contribution in [0.4, 0.5) is 0 Å². The van der Waals surface area contributed by atoms with Crippen LogP contribution < -0.4 is 5.73 Å². The van der Waals surface area contributed by atoms with E-state index in [-0.39, 0.29) is 11.8 Å². The van der Waals surface area contributed by atoms with Gasteiger partial charge in [0.2, 0.25) is 0 Å². The normalized spacial score (nSPS) is 26.4. The molecule has 0 aliphatic heterocycles. The maximum absolute atomic E-state index is 7.46. The molecule has 56 valence electrons. The zero-order chi connectivity index (χ0) is 7.56. The van der Waals surface area contributed by atoms with Crippen LogP contribution in [0.1, 0.15) is 25.7 Å². The molecular formula is C7H13N3. The molecule has 0 spiro atoms. The van der Waals surface area contributed by atoms with E-state index in [0.29, 0.717) is 5.71 Å². The van der Waals surface area contributed by atoms with Crippen molar-refractivity contribution in [3.8, 4) is 0 Å². The summed E-state index contributed by atoms with van der Waals surface area (Å²) in [5, 5.41) is 14.6. The molecule has 3 nitrogen and oxygen atoms in total. The molecule has 3 heteroatoms. The van der Waals surface area contributed by atoms with Gasteiger partial charge in [-0.1, -0.05) is 6.42 Å². The van der Waals surface area contributed by atoms with Gasteiger partial charge in [-0.3, -0.25) is 5.41 Å². The first-order valence-electron chi connectivity index (χ1n) is 3.63. The SMILES string of the molecule is N=C(N)C1CCCCC1=N. The highest BCUT2D eigenvalue weighted by Crippen LogP contribution is 2.20. The Morgan fingerprint density at radius 1 is 1.50 bits per heavy atom. The van der Waals surface area contributed by atoms with Crippen molar-refractivity contribution in [3.05, 3.63) is 0 Å². The molecule has 0 aromatic heterocycles. The van der Waals surface area contributed by atoms with Crippen molar-refractivity contribution in [2.24, 2.45) is 11.7 Å². The molecule has 1 aliphatic carbocycles.